The van der Waals surface area contributed by atoms with Crippen LogP contribution in [0.2, 0.25) is 5.15 Å². The molecule has 1 amide bonds. The monoisotopic (exact) mass is 328 g/mol. The van der Waals surface area contributed by atoms with Crippen LogP contribution < -0.4 is 5.32 Å². The topological polar surface area (TPSA) is 62.2 Å². The van der Waals surface area contributed by atoms with Gasteiger partial charge in [-0.3, -0.25) is 4.79 Å². The van der Waals surface area contributed by atoms with Crippen LogP contribution in [0.25, 0.3) is 0 Å². The molecule has 4 nitrogen and oxygen atoms in total. The second-order valence-electron chi connectivity index (χ2n) is 3.10. The number of carbonyl (C=O) groups is 1. The van der Waals surface area contributed by atoms with E-state index in [9.17, 15) is 13.6 Å². The predicted octanol–water partition coefficient (Wildman–Crippen LogP) is 1.85. The second kappa shape index (κ2) is 6.23. The molecule has 2 N–H and O–H groups in total. The van der Waals surface area contributed by atoms with Crippen molar-refractivity contribution in [3.63, 3.8) is 0 Å². The number of hydrogen-bond acceptors (Lipinski definition) is 3. The number of alkyl halides is 2. The summed E-state index contributed by atoms with van der Waals surface area (Å²) in [5, 5.41) is 10.9. The lowest BCUT2D eigenvalue weighted by Gasteiger charge is -2.11. The Labute approximate surface area is 109 Å². The first-order chi connectivity index (χ1) is 7.91. The maximum absolute atomic E-state index is 12.0. The lowest BCUT2D eigenvalue weighted by molar-refractivity contribution is -0.00270. The van der Waals surface area contributed by atoms with Crippen LogP contribution in [-0.4, -0.2) is 35.1 Å². The van der Waals surface area contributed by atoms with E-state index in [1.54, 1.807) is 0 Å². The van der Waals surface area contributed by atoms with Crippen molar-refractivity contribution in [2.75, 3.05) is 6.54 Å². The average molecular weight is 330 g/mol. The molecular weight excluding hydrogens is 321 g/mol. The molecule has 1 aromatic rings. The van der Waals surface area contributed by atoms with Crippen molar-refractivity contribution in [1.82, 2.24) is 10.3 Å². The first-order valence-corrected chi connectivity index (χ1v) is 5.64. The molecule has 0 saturated heterocycles. The molecule has 0 aliphatic carbocycles. The smallest absolute Gasteiger partial charge is 0.265 e. The zero-order chi connectivity index (χ0) is 13.0. The maximum atomic E-state index is 12.0. The van der Waals surface area contributed by atoms with Gasteiger partial charge in [0.05, 0.1) is 5.56 Å². The van der Waals surface area contributed by atoms with E-state index in [1.165, 1.54) is 12.3 Å². The molecule has 0 saturated carbocycles. The Morgan fingerprint density at radius 2 is 2.29 bits per heavy atom. The van der Waals surface area contributed by atoms with Crippen LogP contribution >= 0.6 is 27.5 Å². The number of aromatic nitrogens is 1. The summed E-state index contributed by atoms with van der Waals surface area (Å²) in [5.74, 6) is -0.677. The van der Waals surface area contributed by atoms with E-state index in [0.717, 1.165) is 0 Å². The molecule has 8 heteroatoms. The van der Waals surface area contributed by atoms with Gasteiger partial charge in [0.1, 0.15) is 11.3 Å². The van der Waals surface area contributed by atoms with Crippen LogP contribution in [0.15, 0.2) is 16.7 Å². The molecule has 0 bridgehead atoms. The quantitative estimate of drug-likeness (QED) is 0.829. The van der Waals surface area contributed by atoms with Gasteiger partial charge < -0.3 is 10.4 Å². The highest BCUT2D eigenvalue weighted by atomic mass is 79.9. The van der Waals surface area contributed by atoms with E-state index in [4.69, 9.17) is 16.7 Å². The van der Waals surface area contributed by atoms with Gasteiger partial charge in [-0.1, -0.05) is 11.6 Å². The van der Waals surface area contributed by atoms with Gasteiger partial charge in [0.15, 0.2) is 0 Å². The van der Waals surface area contributed by atoms with Crippen LogP contribution in [0.3, 0.4) is 0 Å². The fourth-order valence-electron chi connectivity index (χ4n) is 0.963. The van der Waals surface area contributed by atoms with E-state index in [2.05, 4.69) is 26.2 Å². The second-order valence-corrected chi connectivity index (χ2v) is 4.38. The first kappa shape index (κ1) is 14.3. The standard InChI is InChI=1S/C9H8BrClF2N2O2/c10-4-1-5(7(11)14-2-4)9(17)15-3-6(16)8(12)13/h1-2,6,8,16H,3H2,(H,15,17). The molecule has 0 radical (unpaired) electrons. The highest BCUT2D eigenvalue weighted by molar-refractivity contribution is 9.10. The van der Waals surface area contributed by atoms with Gasteiger partial charge in [-0.15, -0.1) is 0 Å². The van der Waals surface area contributed by atoms with Crippen LogP contribution in [0, 0.1) is 0 Å². The van der Waals surface area contributed by atoms with Crippen LogP contribution in [0.1, 0.15) is 10.4 Å². The highest BCUT2D eigenvalue weighted by Gasteiger charge is 2.19. The van der Waals surface area contributed by atoms with Gasteiger partial charge in [0.25, 0.3) is 12.3 Å². The summed E-state index contributed by atoms with van der Waals surface area (Å²) in [6.07, 6.45) is -3.42. The summed E-state index contributed by atoms with van der Waals surface area (Å²) >= 11 is 8.76. The van der Waals surface area contributed by atoms with Crippen molar-refractivity contribution < 1.29 is 18.7 Å². The van der Waals surface area contributed by atoms with Gasteiger partial charge in [-0.25, -0.2) is 13.8 Å². The summed E-state index contributed by atoms with van der Waals surface area (Å²) in [5.41, 5.74) is 0.0440. The third-order valence-electron chi connectivity index (χ3n) is 1.81. The molecule has 1 unspecified atom stereocenters. The molecule has 0 fully saturated rings. The average Bonchev–Trinajstić information content (AvgIpc) is 2.28. The number of aliphatic hydroxyl groups is 1. The minimum absolute atomic E-state index is 0.0440. The van der Waals surface area contributed by atoms with E-state index in [1.807, 2.05) is 0 Å². The molecule has 1 rings (SSSR count). The Morgan fingerprint density at radius 3 is 2.88 bits per heavy atom. The van der Waals surface area contributed by atoms with Crippen LogP contribution in [0.4, 0.5) is 8.78 Å². The van der Waals surface area contributed by atoms with Gasteiger partial charge in [-0.05, 0) is 22.0 Å². The largest absolute Gasteiger partial charge is 0.385 e. The molecule has 94 valence electrons. The normalized spacial score (nSPS) is 12.6. The molecule has 0 spiro atoms. The van der Waals surface area contributed by atoms with Crippen LogP contribution in [-0.2, 0) is 0 Å². The Balaban J connectivity index is 2.67. The summed E-state index contributed by atoms with van der Waals surface area (Å²) in [6.45, 7) is -0.556. The fraction of sp³-hybridized carbons (Fsp3) is 0.333. The zero-order valence-corrected chi connectivity index (χ0v) is 10.7. The molecule has 1 atom stereocenters. The zero-order valence-electron chi connectivity index (χ0n) is 8.33. The third kappa shape index (κ3) is 4.18. The van der Waals surface area contributed by atoms with Gasteiger partial charge >= 0.3 is 0 Å². The lowest BCUT2D eigenvalue weighted by Crippen LogP contribution is -2.36. The van der Waals surface area contributed by atoms with Crippen molar-refractivity contribution in [2.24, 2.45) is 0 Å². The molecule has 0 aliphatic rings. The van der Waals surface area contributed by atoms with E-state index in [-0.39, 0.29) is 10.7 Å². The summed E-state index contributed by atoms with van der Waals surface area (Å²) in [7, 11) is 0. The molecular formula is C9H8BrClF2N2O2. The van der Waals surface area contributed by atoms with Gasteiger partial charge in [0.2, 0.25) is 0 Å². The molecule has 0 aliphatic heterocycles. The predicted molar refractivity (Wildman–Crippen MR) is 61.3 cm³/mol. The minimum atomic E-state index is -2.91. The Kier molecular flexibility index (Phi) is 5.23. The van der Waals surface area contributed by atoms with Gasteiger partial charge in [-0.2, -0.15) is 0 Å². The van der Waals surface area contributed by atoms with Crippen molar-refractivity contribution in [3.8, 4) is 0 Å². The van der Waals surface area contributed by atoms with Crippen molar-refractivity contribution in [3.05, 3.63) is 27.5 Å². The van der Waals surface area contributed by atoms with Crippen molar-refractivity contribution >= 4 is 33.4 Å². The number of rotatable bonds is 4. The van der Waals surface area contributed by atoms with E-state index < -0.39 is 25.0 Å². The maximum Gasteiger partial charge on any atom is 0.265 e. The number of hydrogen-bond donors (Lipinski definition) is 2. The number of halogens is 4. The first-order valence-electron chi connectivity index (χ1n) is 4.47. The molecule has 1 heterocycles. The Bertz CT molecular complexity index is 420. The highest BCUT2D eigenvalue weighted by Crippen LogP contribution is 2.17. The number of aliphatic hydroxyl groups excluding tert-OH is 1. The van der Waals surface area contributed by atoms with Crippen LogP contribution in [0.5, 0.6) is 0 Å². The molecule has 17 heavy (non-hydrogen) atoms. The number of nitrogens with one attached hydrogen (secondary N) is 1. The minimum Gasteiger partial charge on any atom is -0.385 e. The third-order valence-corrected chi connectivity index (χ3v) is 2.55. The van der Waals surface area contributed by atoms with Crippen molar-refractivity contribution in [1.29, 1.82) is 0 Å². The number of amides is 1. The Hall–Kier alpha value is -0.790. The summed E-state index contributed by atoms with van der Waals surface area (Å²) in [4.78, 5) is 15.2. The SMILES string of the molecule is O=C(NCC(O)C(F)F)c1cc(Br)cnc1Cl. The van der Waals surface area contributed by atoms with Crippen molar-refractivity contribution in [2.45, 2.75) is 12.5 Å². The summed E-state index contributed by atoms with van der Waals surface area (Å²) in [6, 6.07) is 1.40. The Morgan fingerprint density at radius 1 is 1.65 bits per heavy atom. The fourth-order valence-corrected chi connectivity index (χ4v) is 1.48. The van der Waals surface area contributed by atoms with Gasteiger partial charge in [0, 0.05) is 17.2 Å². The molecule has 1 aromatic heterocycles. The summed E-state index contributed by atoms with van der Waals surface area (Å²) < 4.78 is 24.5. The molecule has 0 aromatic carbocycles. The van der Waals surface area contributed by atoms with E-state index >= 15 is 0 Å². The number of nitrogens with zero attached hydrogens (tertiary/aromatic N) is 1. The van der Waals surface area contributed by atoms with E-state index in [0.29, 0.717) is 4.47 Å². The number of pyridine rings is 1. The number of carbonyl (C=O) groups excluding carboxylic acids is 1. The lowest BCUT2D eigenvalue weighted by atomic mass is 10.2.